The van der Waals surface area contributed by atoms with Crippen molar-refractivity contribution in [1.29, 1.82) is 0 Å². The number of methoxy groups -OCH3 is 1. The number of halogens is 2. The molecule has 0 aliphatic carbocycles. The van der Waals surface area contributed by atoms with Crippen molar-refractivity contribution in [2.24, 2.45) is 0 Å². The quantitative estimate of drug-likeness (QED) is 0.783. The van der Waals surface area contributed by atoms with Crippen LogP contribution < -0.4 is 0 Å². The van der Waals surface area contributed by atoms with Crippen LogP contribution in [-0.4, -0.2) is 61.6 Å². The topological polar surface area (TPSA) is 32.8 Å². The van der Waals surface area contributed by atoms with Crippen molar-refractivity contribution in [3.63, 3.8) is 0 Å². The zero-order chi connectivity index (χ0) is 16.8. The maximum Gasteiger partial charge on any atom is 0.222 e. The Balaban J connectivity index is 1.81. The van der Waals surface area contributed by atoms with Gasteiger partial charge in [-0.05, 0) is 31.0 Å². The van der Waals surface area contributed by atoms with Gasteiger partial charge in [-0.15, -0.1) is 0 Å². The predicted octanol–water partition coefficient (Wildman–Crippen LogP) is 3.11. The van der Waals surface area contributed by atoms with Crippen LogP contribution in [0.3, 0.4) is 0 Å². The summed E-state index contributed by atoms with van der Waals surface area (Å²) in [4.78, 5) is 16.7. The number of piperazine rings is 1. The van der Waals surface area contributed by atoms with Crippen molar-refractivity contribution in [3.8, 4) is 0 Å². The number of nitrogens with zero attached hydrogens (tertiary/aromatic N) is 2. The van der Waals surface area contributed by atoms with Gasteiger partial charge in [0.1, 0.15) is 0 Å². The Morgan fingerprint density at radius 1 is 1.30 bits per heavy atom. The van der Waals surface area contributed by atoms with Crippen LogP contribution in [-0.2, 0) is 16.0 Å². The van der Waals surface area contributed by atoms with Gasteiger partial charge in [0, 0.05) is 45.8 Å². The van der Waals surface area contributed by atoms with Gasteiger partial charge >= 0.3 is 0 Å². The third-order valence-electron chi connectivity index (χ3n) is 4.31. The Kier molecular flexibility index (Phi) is 7.15. The molecule has 1 aromatic carbocycles. The standard InChI is InChI=1S/C17H24Cl2N2O2/c1-13-12-21(8-7-20(13)9-10-23-2)17(22)6-4-14-3-5-15(18)16(19)11-14/h3,5,11,13H,4,6-10,12H2,1-2H3/t13-/m0/s1. The van der Waals surface area contributed by atoms with E-state index in [0.717, 1.165) is 38.3 Å². The second-order valence-electron chi connectivity index (χ2n) is 5.97. The molecule has 1 aliphatic heterocycles. The minimum atomic E-state index is 0.203. The van der Waals surface area contributed by atoms with E-state index in [1.165, 1.54) is 0 Å². The zero-order valence-electron chi connectivity index (χ0n) is 13.7. The number of benzene rings is 1. The number of carbonyl (C=O) groups excluding carboxylic acids is 1. The maximum atomic E-state index is 12.4. The fourth-order valence-corrected chi connectivity index (χ4v) is 3.19. The number of hydrogen-bond donors (Lipinski definition) is 0. The smallest absolute Gasteiger partial charge is 0.222 e. The van der Waals surface area contributed by atoms with Gasteiger partial charge in [-0.25, -0.2) is 0 Å². The van der Waals surface area contributed by atoms with Gasteiger partial charge < -0.3 is 9.64 Å². The van der Waals surface area contributed by atoms with Crippen LogP contribution in [0.15, 0.2) is 18.2 Å². The van der Waals surface area contributed by atoms with Crippen LogP contribution in [0.4, 0.5) is 0 Å². The first-order valence-electron chi connectivity index (χ1n) is 7.96. The second-order valence-corrected chi connectivity index (χ2v) is 6.78. The molecule has 4 nitrogen and oxygen atoms in total. The lowest BCUT2D eigenvalue weighted by Crippen LogP contribution is -2.54. The van der Waals surface area contributed by atoms with Crippen LogP contribution in [0.25, 0.3) is 0 Å². The molecule has 0 aromatic heterocycles. The summed E-state index contributed by atoms with van der Waals surface area (Å²) in [6.07, 6.45) is 1.19. The third kappa shape index (κ3) is 5.35. The SMILES string of the molecule is COCCN1CCN(C(=O)CCc2ccc(Cl)c(Cl)c2)C[C@@H]1C. The highest BCUT2D eigenvalue weighted by Gasteiger charge is 2.25. The second kappa shape index (κ2) is 8.88. The molecule has 1 heterocycles. The molecule has 1 aliphatic rings. The van der Waals surface area contributed by atoms with Gasteiger partial charge in [0.15, 0.2) is 0 Å². The number of aryl methyl sites for hydroxylation is 1. The Morgan fingerprint density at radius 3 is 2.74 bits per heavy atom. The lowest BCUT2D eigenvalue weighted by atomic mass is 10.1. The summed E-state index contributed by atoms with van der Waals surface area (Å²) in [6, 6.07) is 5.91. The molecular formula is C17H24Cl2N2O2. The van der Waals surface area contributed by atoms with Crippen LogP contribution in [0.5, 0.6) is 0 Å². The molecule has 0 N–H and O–H groups in total. The number of rotatable bonds is 6. The van der Waals surface area contributed by atoms with Crippen LogP contribution in [0, 0.1) is 0 Å². The Labute approximate surface area is 148 Å². The Bertz CT molecular complexity index is 539. The van der Waals surface area contributed by atoms with E-state index < -0.39 is 0 Å². The minimum absolute atomic E-state index is 0.203. The normalized spacial score (nSPS) is 19.1. The van der Waals surface area contributed by atoms with Crippen LogP contribution >= 0.6 is 23.2 Å². The Morgan fingerprint density at radius 2 is 2.09 bits per heavy atom. The maximum absolute atomic E-state index is 12.4. The predicted molar refractivity (Wildman–Crippen MR) is 94.3 cm³/mol. The summed E-state index contributed by atoms with van der Waals surface area (Å²) in [5.74, 6) is 0.203. The molecule has 0 spiro atoms. The summed E-state index contributed by atoms with van der Waals surface area (Å²) < 4.78 is 5.13. The van der Waals surface area contributed by atoms with E-state index in [2.05, 4.69) is 11.8 Å². The number of hydrogen-bond acceptors (Lipinski definition) is 3. The summed E-state index contributed by atoms with van der Waals surface area (Å²) in [5, 5.41) is 1.08. The molecule has 1 atom stereocenters. The van der Waals surface area contributed by atoms with Gasteiger partial charge in [0.25, 0.3) is 0 Å². The first-order valence-corrected chi connectivity index (χ1v) is 8.71. The van der Waals surface area contributed by atoms with Crippen molar-refractivity contribution >= 4 is 29.1 Å². The van der Waals surface area contributed by atoms with Crippen LogP contribution in [0.2, 0.25) is 10.0 Å². The highest BCUT2D eigenvalue weighted by Crippen LogP contribution is 2.23. The van der Waals surface area contributed by atoms with E-state index in [-0.39, 0.29) is 5.91 Å². The van der Waals surface area contributed by atoms with Gasteiger partial charge in [-0.2, -0.15) is 0 Å². The average Bonchev–Trinajstić information content (AvgIpc) is 2.54. The van der Waals surface area contributed by atoms with Crippen molar-refractivity contribution in [2.75, 3.05) is 39.9 Å². The summed E-state index contributed by atoms with van der Waals surface area (Å²) >= 11 is 11.9. The molecule has 0 radical (unpaired) electrons. The van der Waals surface area contributed by atoms with E-state index in [1.807, 2.05) is 17.0 Å². The van der Waals surface area contributed by atoms with Crippen molar-refractivity contribution in [2.45, 2.75) is 25.8 Å². The van der Waals surface area contributed by atoms with Crippen molar-refractivity contribution in [1.82, 2.24) is 9.80 Å². The molecule has 23 heavy (non-hydrogen) atoms. The molecule has 0 saturated carbocycles. The molecule has 1 amide bonds. The molecule has 2 rings (SSSR count). The number of amides is 1. The highest BCUT2D eigenvalue weighted by atomic mass is 35.5. The number of carbonyl (C=O) groups is 1. The molecule has 0 unspecified atom stereocenters. The average molecular weight is 359 g/mol. The van der Waals surface area contributed by atoms with E-state index in [4.69, 9.17) is 27.9 Å². The lowest BCUT2D eigenvalue weighted by Gasteiger charge is -2.39. The summed E-state index contributed by atoms with van der Waals surface area (Å²) in [5.41, 5.74) is 1.04. The fraction of sp³-hybridized carbons (Fsp3) is 0.588. The lowest BCUT2D eigenvalue weighted by molar-refractivity contribution is -0.134. The van der Waals surface area contributed by atoms with E-state index in [0.29, 0.717) is 28.9 Å². The monoisotopic (exact) mass is 358 g/mol. The largest absolute Gasteiger partial charge is 0.383 e. The van der Waals surface area contributed by atoms with Gasteiger partial charge in [0.05, 0.1) is 16.7 Å². The molecule has 128 valence electrons. The fourth-order valence-electron chi connectivity index (χ4n) is 2.87. The number of ether oxygens (including phenoxy) is 1. The summed E-state index contributed by atoms with van der Waals surface area (Å²) in [7, 11) is 1.72. The minimum Gasteiger partial charge on any atom is -0.383 e. The third-order valence-corrected chi connectivity index (χ3v) is 5.05. The molecular weight excluding hydrogens is 335 g/mol. The van der Waals surface area contributed by atoms with Gasteiger partial charge in [0.2, 0.25) is 5.91 Å². The first-order chi connectivity index (χ1) is 11.0. The first kappa shape index (κ1) is 18.5. The van der Waals surface area contributed by atoms with E-state index >= 15 is 0 Å². The Hall–Kier alpha value is -0.810. The van der Waals surface area contributed by atoms with Crippen LogP contribution in [0.1, 0.15) is 18.9 Å². The molecule has 1 aromatic rings. The zero-order valence-corrected chi connectivity index (χ0v) is 15.2. The molecule has 6 heteroatoms. The molecule has 1 fully saturated rings. The summed E-state index contributed by atoms with van der Waals surface area (Å²) in [6.45, 7) is 6.29. The van der Waals surface area contributed by atoms with Crippen molar-refractivity contribution in [3.05, 3.63) is 33.8 Å². The molecule has 1 saturated heterocycles. The van der Waals surface area contributed by atoms with Crippen molar-refractivity contribution < 1.29 is 9.53 Å². The highest BCUT2D eigenvalue weighted by molar-refractivity contribution is 6.42. The van der Waals surface area contributed by atoms with E-state index in [9.17, 15) is 4.79 Å². The van der Waals surface area contributed by atoms with Gasteiger partial charge in [-0.3, -0.25) is 9.69 Å². The van der Waals surface area contributed by atoms with E-state index in [1.54, 1.807) is 13.2 Å². The van der Waals surface area contributed by atoms with Gasteiger partial charge in [-0.1, -0.05) is 29.3 Å². The molecule has 0 bridgehead atoms.